The smallest absolute Gasteiger partial charge is 0.325 e. The van der Waals surface area contributed by atoms with Gasteiger partial charge in [-0.05, 0) is 19.2 Å². The summed E-state index contributed by atoms with van der Waals surface area (Å²) in [6.07, 6.45) is 0. The Morgan fingerprint density at radius 1 is 1.35 bits per heavy atom. The number of para-hydroxylation sites is 1. The van der Waals surface area contributed by atoms with Crippen LogP contribution in [-0.2, 0) is 4.79 Å². The number of carboxylic acids is 1. The lowest BCUT2D eigenvalue weighted by atomic mass is 10.1. The summed E-state index contributed by atoms with van der Waals surface area (Å²) < 4.78 is 5.23. The number of hydrogen-bond donors (Lipinski definition) is 2. The third-order valence-electron chi connectivity index (χ3n) is 3.37. The average Bonchev–Trinajstić information content (AvgIpc) is 2.47. The summed E-state index contributed by atoms with van der Waals surface area (Å²) in [7, 11) is 1.55. The lowest BCUT2D eigenvalue weighted by molar-refractivity contribution is -0.139. The van der Waals surface area contributed by atoms with Crippen molar-refractivity contribution in [2.45, 2.75) is 19.9 Å². The van der Waals surface area contributed by atoms with Crippen molar-refractivity contribution in [1.82, 2.24) is 10.2 Å². The summed E-state index contributed by atoms with van der Waals surface area (Å²) in [5.41, 5.74) is 0.655. The van der Waals surface area contributed by atoms with E-state index < -0.39 is 12.0 Å². The fraction of sp³-hybridized carbons (Fsp3) is 0.533. The minimum absolute atomic E-state index is 0.593. The number of benzene rings is 1. The second-order valence-electron chi connectivity index (χ2n) is 4.49. The van der Waals surface area contributed by atoms with Gasteiger partial charge in [-0.25, -0.2) is 0 Å². The SMILES string of the molecule is CCN(CC)CCNC(C(=O)O)c1ccccc1OC. The molecule has 1 aromatic rings. The highest BCUT2D eigenvalue weighted by Crippen LogP contribution is 2.24. The highest BCUT2D eigenvalue weighted by molar-refractivity contribution is 5.76. The van der Waals surface area contributed by atoms with Gasteiger partial charge < -0.3 is 14.7 Å². The molecule has 20 heavy (non-hydrogen) atoms. The lowest BCUT2D eigenvalue weighted by Crippen LogP contribution is -2.36. The first-order valence-electron chi connectivity index (χ1n) is 6.95. The van der Waals surface area contributed by atoms with Crippen LogP contribution in [0.1, 0.15) is 25.5 Å². The molecule has 5 nitrogen and oxygen atoms in total. The van der Waals surface area contributed by atoms with E-state index in [1.54, 1.807) is 19.2 Å². The molecular weight excluding hydrogens is 256 g/mol. The minimum Gasteiger partial charge on any atom is -0.496 e. The molecule has 0 fully saturated rings. The molecule has 2 N–H and O–H groups in total. The Hall–Kier alpha value is -1.59. The molecule has 5 heteroatoms. The monoisotopic (exact) mass is 280 g/mol. The molecule has 1 atom stereocenters. The maximum absolute atomic E-state index is 11.5. The molecule has 0 spiro atoms. The van der Waals surface area contributed by atoms with E-state index in [1.807, 2.05) is 12.1 Å². The van der Waals surface area contributed by atoms with Crippen molar-refractivity contribution >= 4 is 5.97 Å². The summed E-state index contributed by atoms with van der Waals surface area (Å²) in [5.74, 6) is -0.302. The van der Waals surface area contributed by atoms with Crippen molar-refractivity contribution in [3.63, 3.8) is 0 Å². The zero-order valence-electron chi connectivity index (χ0n) is 12.4. The molecule has 0 aromatic heterocycles. The molecule has 0 saturated carbocycles. The van der Waals surface area contributed by atoms with Gasteiger partial charge in [0.1, 0.15) is 11.8 Å². The molecule has 0 aliphatic heterocycles. The quantitative estimate of drug-likeness (QED) is 0.721. The summed E-state index contributed by atoms with van der Waals surface area (Å²) in [6, 6.07) is 6.46. The minimum atomic E-state index is -0.894. The van der Waals surface area contributed by atoms with Crippen LogP contribution < -0.4 is 10.1 Å². The van der Waals surface area contributed by atoms with E-state index in [9.17, 15) is 9.90 Å². The molecule has 0 aliphatic carbocycles. The molecule has 0 bridgehead atoms. The van der Waals surface area contributed by atoms with Crippen LogP contribution in [0.2, 0.25) is 0 Å². The first-order valence-corrected chi connectivity index (χ1v) is 6.95. The first kappa shape index (κ1) is 16.5. The molecule has 0 saturated heterocycles. The second-order valence-corrected chi connectivity index (χ2v) is 4.49. The maximum Gasteiger partial charge on any atom is 0.325 e. The molecule has 0 amide bonds. The molecule has 0 heterocycles. The highest BCUT2D eigenvalue weighted by atomic mass is 16.5. The number of carbonyl (C=O) groups is 1. The van der Waals surface area contributed by atoms with Gasteiger partial charge in [-0.1, -0.05) is 32.0 Å². The van der Waals surface area contributed by atoms with Gasteiger partial charge in [-0.3, -0.25) is 10.1 Å². The maximum atomic E-state index is 11.5. The molecule has 0 aliphatic rings. The molecule has 0 radical (unpaired) electrons. The Morgan fingerprint density at radius 3 is 2.55 bits per heavy atom. The van der Waals surface area contributed by atoms with E-state index in [-0.39, 0.29) is 0 Å². The van der Waals surface area contributed by atoms with Crippen molar-refractivity contribution < 1.29 is 14.6 Å². The third kappa shape index (κ3) is 4.51. The van der Waals surface area contributed by atoms with Gasteiger partial charge in [0.15, 0.2) is 0 Å². The van der Waals surface area contributed by atoms with E-state index in [0.717, 1.165) is 19.6 Å². The van der Waals surface area contributed by atoms with Crippen LogP contribution in [-0.4, -0.2) is 49.3 Å². The van der Waals surface area contributed by atoms with Gasteiger partial charge in [-0.2, -0.15) is 0 Å². The van der Waals surface area contributed by atoms with Crippen LogP contribution in [0, 0.1) is 0 Å². The van der Waals surface area contributed by atoms with Crippen LogP contribution in [0.4, 0.5) is 0 Å². The summed E-state index contributed by atoms with van der Waals surface area (Å²) in [5, 5.41) is 12.5. The van der Waals surface area contributed by atoms with Crippen molar-refractivity contribution in [3.05, 3.63) is 29.8 Å². The first-order chi connectivity index (χ1) is 9.63. The molecule has 1 aromatic carbocycles. The largest absolute Gasteiger partial charge is 0.496 e. The Labute approximate surface area is 120 Å². The normalized spacial score (nSPS) is 12.4. The van der Waals surface area contributed by atoms with Crippen molar-refractivity contribution in [1.29, 1.82) is 0 Å². The van der Waals surface area contributed by atoms with Crippen LogP contribution in [0.25, 0.3) is 0 Å². The van der Waals surface area contributed by atoms with Crippen molar-refractivity contribution in [2.24, 2.45) is 0 Å². The Kier molecular flexibility index (Phi) is 7.04. The zero-order chi connectivity index (χ0) is 15.0. The van der Waals surface area contributed by atoms with Crippen LogP contribution in [0.5, 0.6) is 5.75 Å². The van der Waals surface area contributed by atoms with E-state index in [1.165, 1.54) is 0 Å². The van der Waals surface area contributed by atoms with Crippen molar-refractivity contribution in [2.75, 3.05) is 33.3 Å². The molecular formula is C15H24N2O3. The topological polar surface area (TPSA) is 61.8 Å². The van der Waals surface area contributed by atoms with E-state index in [4.69, 9.17) is 4.74 Å². The Morgan fingerprint density at radius 2 is 2.00 bits per heavy atom. The average molecular weight is 280 g/mol. The number of aliphatic carboxylic acids is 1. The Balaban J connectivity index is 2.72. The summed E-state index contributed by atoms with van der Waals surface area (Å²) in [4.78, 5) is 13.7. The fourth-order valence-corrected chi connectivity index (χ4v) is 2.14. The Bertz CT molecular complexity index is 419. The fourth-order valence-electron chi connectivity index (χ4n) is 2.14. The van der Waals surface area contributed by atoms with Gasteiger partial charge in [0.25, 0.3) is 0 Å². The third-order valence-corrected chi connectivity index (χ3v) is 3.37. The number of ether oxygens (including phenoxy) is 1. The van der Waals surface area contributed by atoms with Gasteiger partial charge in [0.05, 0.1) is 7.11 Å². The van der Waals surface area contributed by atoms with Crippen LogP contribution >= 0.6 is 0 Å². The van der Waals surface area contributed by atoms with Gasteiger partial charge >= 0.3 is 5.97 Å². The number of hydrogen-bond acceptors (Lipinski definition) is 4. The summed E-state index contributed by atoms with van der Waals surface area (Å²) in [6.45, 7) is 7.56. The molecule has 112 valence electrons. The van der Waals surface area contributed by atoms with Crippen LogP contribution in [0.15, 0.2) is 24.3 Å². The molecule has 1 rings (SSSR count). The van der Waals surface area contributed by atoms with Gasteiger partial charge in [0, 0.05) is 18.7 Å². The number of rotatable bonds is 9. The predicted octanol–water partition coefficient (Wildman–Crippen LogP) is 1.75. The predicted molar refractivity (Wildman–Crippen MR) is 79.2 cm³/mol. The number of carboxylic acid groups (broad SMARTS) is 1. The van der Waals surface area contributed by atoms with Gasteiger partial charge in [-0.15, -0.1) is 0 Å². The van der Waals surface area contributed by atoms with Gasteiger partial charge in [0.2, 0.25) is 0 Å². The summed E-state index contributed by atoms with van der Waals surface area (Å²) >= 11 is 0. The molecule has 1 unspecified atom stereocenters. The number of nitrogens with one attached hydrogen (secondary N) is 1. The van der Waals surface area contributed by atoms with Crippen LogP contribution in [0.3, 0.4) is 0 Å². The second kappa shape index (κ2) is 8.55. The number of nitrogens with zero attached hydrogens (tertiary/aromatic N) is 1. The number of methoxy groups -OCH3 is 1. The lowest BCUT2D eigenvalue weighted by Gasteiger charge is -2.21. The van der Waals surface area contributed by atoms with Crippen molar-refractivity contribution in [3.8, 4) is 5.75 Å². The van der Waals surface area contributed by atoms with E-state index in [2.05, 4.69) is 24.1 Å². The zero-order valence-corrected chi connectivity index (χ0v) is 12.4. The van der Waals surface area contributed by atoms with E-state index >= 15 is 0 Å². The standard InChI is InChI=1S/C15H24N2O3/c1-4-17(5-2)11-10-16-14(15(18)19)12-8-6-7-9-13(12)20-3/h6-9,14,16H,4-5,10-11H2,1-3H3,(H,18,19). The van der Waals surface area contributed by atoms with E-state index in [0.29, 0.717) is 17.9 Å². The highest BCUT2D eigenvalue weighted by Gasteiger charge is 2.22. The number of likely N-dealkylation sites (N-methyl/N-ethyl adjacent to an activating group) is 1.